The Morgan fingerprint density at radius 3 is 2.48 bits per heavy atom. The number of nitrogens with zero attached hydrogens (tertiary/aromatic N) is 3. The van der Waals surface area contributed by atoms with Gasteiger partial charge in [-0.25, -0.2) is 18.2 Å². The van der Waals surface area contributed by atoms with E-state index in [1.165, 1.54) is 18.2 Å². The number of rotatable bonds is 3. The fourth-order valence-corrected chi connectivity index (χ4v) is 2.55. The monoisotopic (exact) mass is 340 g/mol. The Bertz CT molecular complexity index is 1060. The molecule has 4 aromatic rings. The van der Waals surface area contributed by atoms with Gasteiger partial charge in [-0.15, -0.1) is 0 Å². The first-order valence-corrected chi connectivity index (χ1v) is 7.42. The molecule has 0 aliphatic carbocycles. The fraction of sp³-hybridized carbons (Fsp3) is 0. The highest BCUT2D eigenvalue weighted by Gasteiger charge is 2.15. The molecule has 2 aromatic carbocycles. The highest BCUT2D eigenvalue weighted by molar-refractivity contribution is 5.79. The Balaban J connectivity index is 1.87. The maximum absolute atomic E-state index is 13.5. The number of hydrogen-bond acceptors (Lipinski definition) is 3. The third kappa shape index (κ3) is 2.80. The number of benzene rings is 2. The van der Waals surface area contributed by atoms with Gasteiger partial charge in [0.1, 0.15) is 17.3 Å². The average Bonchev–Trinajstić information content (AvgIpc) is 2.97. The summed E-state index contributed by atoms with van der Waals surface area (Å²) in [5.74, 6) is -1.70. The molecule has 1 N–H and O–H groups in total. The van der Waals surface area contributed by atoms with E-state index < -0.39 is 11.6 Å². The first-order valence-electron chi connectivity index (χ1n) is 7.42. The van der Waals surface area contributed by atoms with Crippen molar-refractivity contribution < 1.29 is 13.2 Å². The van der Waals surface area contributed by atoms with E-state index in [0.29, 0.717) is 28.4 Å². The summed E-state index contributed by atoms with van der Waals surface area (Å²) < 4.78 is 41.6. The number of anilines is 2. The van der Waals surface area contributed by atoms with E-state index in [1.54, 1.807) is 35.1 Å². The molecule has 124 valence electrons. The van der Waals surface area contributed by atoms with Crippen LogP contribution in [-0.2, 0) is 0 Å². The maximum atomic E-state index is 13.5. The van der Waals surface area contributed by atoms with Crippen LogP contribution in [0, 0.1) is 17.5 Å². The van der Waals surface area contributed by atoms with Gasteiger partial charge in [0.25, 0.3) is 0 Å². The minimum atomic E-state index is -0.955. The van der Waals surface area contributed by atoms with Crippen LogP contribution in [0.1, 0.15) is 0 Å². The predicted octanol–water partition coefficient (Wildman–Crippen LogP) is 4.56. The summed E-state index contributed by atoms with van der Waals surface area (Å²) in [6.07, 6.45) is 4.85. The van der Waals surface area contributed by atoms with Gasteiger partial charge in [-0.1, -0.05) is 0 Å². The van der Waals surface area contributed by atoms with E-state index in [1.807, 2.05) is 0 Å². The molecule has 4 rings (SSSR count). The van der Waals surface area contributed by atoms with Crippen LogP contribution < -0.4 is 5.32 Å². The van der Waals surface area contributed by atoms with Crippen LogP contribution in [-0.4, -0.2) is 14.4 Å². The van der Waals surface area contributed by atoms with Crippen molar-refractivity contribution in [3.63, 3.8) is 0 Å². The molecular formula is C18H11F3N4. The van der Waals surface area contributed by atoms with Crippen molar-refractivity contribution in [3.8, 4) is 11.3 Å². The molecule has 0 fully saturated rings. The molecule has 0 atom stereocenters. The van der Waals surface area contributed by atoms with Crippen molar-refractivity contribution in [2.75, 3.05) is 5.32 Å². The Kier molecular flexibility index (Phi) is 3.61. The third-order valence-corrected chi connectivity index (χ3v) is 3.73. The molecule has 0 amide bonds. The zero-order chi connectivity index (χ0) is 17.4. The molecule has 0 radical (unpaired) electrons. The summed E-state index contributed by atoms with van der Waals surface area (Å²) in [5, 5.41) is 3.05. The van der Waals surface area contributed by atoms with Gasteiger partial charge in [0.2, 0.25) is 0 Å². The zero-order valence-electron chi connectivity index (χ0n) is 12.7. The lowest BCUT2D eigenvalue weighted by molar-refractivity contribution is 0.509. The fourth-order valence-electron chi connectivity index (χ4n) is 2.55. The number of fused-ring (bicyclic) bond motifs is 1. The van der Waals surface area contributed by atoms with E-state index in [4.69, 9.17) is 0 Å². The van der Waals surface area contributed by atoms with Crippen LogP contribution in [0.25, 0.3) is 16.9 Å². The summed E-state index contributed by atoms with van der Waals surface area (Å²) >= 11 is 0. The van der Waals surface area contributed by atoms with Crippen molar-refractivity contribution in [3.05, 3.63) is 78.5 Å². The SMILES string of the molecule is Fc1ccc(-c2nc3cnccn3c2Nc2ccc(F)c(F)c2)cc1. The van der Waals surface area contributed by atoms with Crippen molar-refractivity contribution in [1.82, 2.24) is 14.4 Å². The van der Waals surface area contributed by atoms with Crippen LogP contribution in [0.3, 0.4) is 0 Å². The topological polar surface area (TPSA) is 42.2 Å². The molecule has 2 aromatic heterocycles. The molecule has 0 saturated heterocycles. The lowest BCUT2D eigenvalue weighted by Gasteiger charge is -2.09. The van der Waals surface area contributed by atoms with E-state index in [9.17, 15) is 13.2 Å². The highest BCUT2D eigenvalue weighted by Crippen LogP contribution is 2.31. The zero-order valence-corrected chi connectivity index (χ0v) is 12.7. The quantitative estimate of drug-likeness (QED) is 0.595. The van der Waals surface area contributed by atoms with Gasteiger partial charge in [0, 0.05) is 29.7 Å². The second-order valence-corrected chi connectivity index (χ2v) is 5.37. The molecule has 0 spiro atoms. The molecule has 2 heterocycles. The van der Waals surface area contributed by atoms with Crippen molar-refractivity contribution in [1.29, 1.82) is 0 Å². The number of halogens is 3. The van der Waals surface area contributed by atoms with E-state index >= 15 is 0 Å². The Labute approximate surface area is 140 Å². The second-order valence-electron chi connectivity index (χ2n) is 5.37. The van der Waals surface area contributed by atoms with E-state index in [-0.39, 0.29) is 5.82 Å². The largest absolute Gasteiger partial charge is 0.339 e. The highest BCUT2D eigenvalue weighted by atomic mass is 19.2. The van der Waals surface area contributed by atoms with Gasteiger partial charge in [0.05, 0.1) is 6.20 Å². The van der Waals surface area contributed by atoms with Crippen LogP contribution in [0.5, 0.6) is 0 Å². The van der Waals surface area contributed by atoms with Crippen LogP contribution in [0.15, 0.2) is 61.1 Å². The Morgan fingerprint density at radius 2 is 1.72 bits per heavy atom. The number of nitrogens with one attached hydrogen (secondary N) is 1. The summed E-state index contributed by atoms with van der Waals surface area (Å²) in [5.41, 5.74) is 2.14. The lowest BCUT2D eigenvalue weighted by Crippen LogP contribution is -1.98. The Morgan fingerprint density at radius 1 is 0.920 bits per heavy atom. The van der Waals surface area contributed by atoms with Gasteiger partial charge < -0.3 is 5.32 Å². The molecule has 25 heavy (non-hydrogen) atoms. The van der Waals surface area contributed by atoms with E-state index in [2.05, 4.69) is 15.3 Å². The summed E-state index contributed by atoms with van der Waals surface area (Å²) in [6.45, 7) is 0. The second kappa shape index (κ2) is 5.94. The standard InChI is InChI=1S/C18H11F3N4/c19-12-3-1-11(2-4-12)17-18(25-8-7-22-10-16(25)24-17)23-13-5-6-14(20)15(21)9-13/h1-10,23H. The molecular weight excluding hydrogens is 329 g/mol. The van der Waals surface area contributed by atoms with Crippen molar-refractivity contribution >= 4 is 17.2 Å². The normalized spacial score (nSPS) is 11.0. The molecule has 0 unspecified atom stereocenters. The molecule has 0 aliphatic heterocycles. The smallest absolute Gasteiger partial charge is 0.160 e. The first kappa shape index (κ1) is 15.2. The minimum absolute atomic E-state index is 0.357. The third-order valence-electron chi connectivity index (χ3n) is 3.73. The molecule has 0 saturated carbocycles. The van der Waals surface area contributed by atoms with Crippen LogP contribution >= 0.6 is 0 Å². The summed E-state index contributed by atoms with van der Waals surface area (Å²) in [6, 6.07) is 9.39. The van der Waals surface area contributed by atoms with Gasteiger partial charge in [0.15, 0.2) is 17.3 Å². The molecule has 0 bridgehead atoms. The maximum Gasteiger partial charge on any atom is 0.160 e. The van der Waals surface area contributed by atoms with Crippen LogP contribution in [0.2, 0.25) is 0 Å². The molecule has 7 heteroatoms. The minimum Gasteiger partial charge on any atom is -0.339 e. The average molecular weight is 340 g/mol. The van der Waals surface area contributed by atoms with Gasteiger partial charge >= 0.3 is 0 Å². The van der Waals surface area contributed by atoms with Crippen molar-refractivity contribution in [2.24, 2.45) is 0 Å². The molecule has 0 aliphatic rings. The van der Waals surface area contributed by atoms with Crippen molar-refractivity contribution in [2.45, 2.75) is 0 Å². The van der Waals surface area contributed by atoms with Crippen LogP contribution in [0.4, 0.5) is 24.7 Å². The predicted molar refractivity (Wildman–Crippen MR) is 88.0 cm³/mol. The van der Waals surface area contributed by atoms with E-state index in [0.717, 1.165) is 12.1 Å². The summed E-state index contributed by atoms with van der Waals surface area (Å²) in [7, 11) is 0. The number of hydrogen-bond donors (Lipinski definition) is 1. The number of imidazole rings is 1. The summed E-state index contributed by atoms with van der Waals surface area (Å²) in [4.78, 5) is 8.52. The molecule has 4 nitrogen and oxygen atoms in total. The van der Waals surface area contributed by atoms with Gasteiger partial charge in [-0.3, -0.25) is 9.38 Å². The first-order chi connectivity index (χ1) is 12.1. The number of aromatic nitrogens is 3. The van der Waals surface area contributed by atoms with Gasteiger partial charge in [-0.05, 0) is 36.4 Å². The Hall–Kier alpha value is -3.35. The lowest BCUT2D eigenvalue weighted by atomic mass is 10.1. The van der Waals surface area contributed by atoms with Gasteiger partial charge in [-0.2, -0.15) is 0 Å².